The summed E-state index contributed by atoms with van der Waals surface area (Å²) in [4.78, 5) is 16.6. The molecule has 0 aliphatic carbocycles. The fourth-order valence-electron chi connectivity index (χ4n) is 4.44. The summed E-state index contributed by atoms with van der Waals surface area (Å²) in [7, 11) is -4.32. The maximum atomic E-state index is 13.9. The summed E-state index contributed by atoms with van der Waals surface area (Å²) in [6.45, 7) is 4.62. The maximum absolute atomic E-state index is 13.9. The molecule has 0 spiro atoms. The number of ether oxygens (including phenoxy) is 2. The molecule has 1 aliphatic heterocycles. The molecule has 5 N–H and O–H groups in total. The fourth-order valence-corrected chi connectivity index (χ4v) is 5.95. The van der Waals surface area contributed by atoms with Crippen LogP contribution in [0.15, 0.2) is 48.8 Å². The zero-order valence-electron chi connectivity index (χ0n) is 22.8. The number of nitrogen functional groups attached to an aromatic ring is 1. The molecule has 1 aliphatic rings. The van der Waals surface area contributed by atoms with Crippen LogP contribution < -0.4 is 15.3 Å². The van der Waals surface area contributed by atoms with Gasteiger partial charge in [-0.25, -0.2) is 14.1 Å². The number of aliphatic hydroxyl groups excluding tert-OH is 2. The number of anilines is 1. The van der Waals surface area contributed by atoms with Gasteiger partial charge >= 0.3 is 13.7 Å². The number of hydrogen-bond donors (Lipinski definition) is 4. The van der Waals surface area contributed by atoms with E-state index in [2.05, 4.69) is 15.2 Å². The molecule has 0 bridgehead atoms. The monoisotopic (exact) mass is 588 g/mol. The van der Waals surface area contributed by atoms with Gasteiger partial charge in [0.1, 0.15) is 54.1 Å². The van der Waals surface area contributed by atoms with E-state index in [0.717, 1.165) is 0 Å². The molecule has 1 saturated heterocycles. The fraction of sp³-hybridized carbons (Fsp3) is 0.462. The van der Waals surface area contributed by atoms with Gasteiger partial charge in [-0.2, -0.15) is 15.4 Å². The summed E-state index contributed by atoms with van der Waals surface area (Å²) in [5, 5.41) is 38.6. The molecule has 4 rings (SSSR count). The molecule has 0 radical (unpaired) electrons. The van der Waals surface area contributed by atoms with E-state index >= 15 is 0 Å². The lowest BCUT2D eigenvalue weighted by Crippen LogP contribution is -2.41. The molecule has 41 heavy (non-hydrogen) atoms. The van der Waals surface area contributed by atoms with Crippen LogP contribution in [0.4, 0.5) is 5.82 Å². The number of nitriles is 1. The number of carbonyl (C=O) groups is 1. The Morgan fingerprint density at radius 1 is 1.27 bits per heavy atom. The zero-order valence-corrected chi connectivity index (χ0v) is 23.7. The van der Waals surface area contributed by atoms with Crippen LogP contribution in [0.1, 0.15) is 39.3 Å². The van der Waals surface area contributed by atoms with Gasteiger partial charge in [-0.1, -0.05) is 32.0 Å². The molecule has 1 aromatic carbocycles. The molecule has 6 atom stereocenters. The molecule has 3 aromatic rings. The first-order chi connectivity index (χ1) is 19.6. The summed E-state index contributed by atoms with van der Waals surface area (Å²) < 4.78 is 37.8. The highest BCUT2D eigenvalue weighted by Gasteiger charge is 2.58. The molecule has 14 nitrogen and oxygen atoms in total. The number of nitrogens with one attached hydrogen (secondary N) is 1. The van der Waals surface area contributed by atoms with Crippen LogP contribution in [0.5, 0.6) is 5.75 Å². The number of esters is 1. The van der Waals surface area contributed by atoms with Crippen molar-refractivity contribution in [1.29, 1.82) is 5.26 Å². The second-order valence-electron chi connectivity index (χ2n) is 9.52. The van der Waals surface area contributed by atoms with E-state index in [1.54, 1.807) is 36.4 Å². The Kier molecular flexibility index (Phi) is 9.28. The van der Waals surface area contributed by atoms with Crippen molar-refractivity contribution in [2.45, 2.75) is 69.7 Å². The highest BCUT2D eigenvalue weighted by atomic mass is 31.2. The third-order valence-electron chi connectivity index (χ3n) is 6.76. The Labute approximate surface area is 236 Å². The summed E-state index contributed by atoms with van der Waals surface area (Å²) in [5.74, 6) is -0.342. The normalized spacial score (nSPS) is 24.6. The van der Waals surface area contributed by atoms with Crippen molar-refractivity contribution in [2.24, 2.45) is 0 Å². The van der Waals surface area contributed by atoms with Gasteiger partial charge in [0.25, 0.3) is 0 Å². The third kappa shape index (κ3) is 6.20. The summed E-state index contributed by atoms with van der Waals surface area (Å²) in [6, 6.07) is 12.0. The van der Waals surface area contributed by atoms with E-state index < -0.39 is 50.3 Å². The lowest BCUT2D eigenvalue weighted by atomic mass is 9.92. The maximum Gasteiger partial charge on any atom is 0.459 e. The third-order valence-corrected chi connectivity index (χ3v) is 8.41. The Balaban J connectivity index is 1.56. The number of rotatable bonds is 12. The molecule has 2 aromatic heterocycles. The largest absolute Gasteiger partial charge is 0.461 e. The molecule has 3 heterocycles. The number of carbonyl (C=O) groups excluding carboxylic acids is 1. The summed E-state index contributed by atoms with van der Waals surface area (Å²) in [5.41, 5.74) is 4.27. The van der Waals surface area contributed by atoms with Gasteiger partial charge in [0.2, 0.25) is 5.60 Å². The Hall–Kier alpha value is -3.57. The lowest BCUT2D eigenvalue weighted by molar-refractivity contribution is -0.151. The predicted octanol–water partition coefficient (Wildman–Crippen LogP) is 2.06. The number of para-hydroxylation sites is 1. The second-order valence-corrected chi connectivity index (χ2v) is 11.2. The standard InChI is InChI=1S/C26H33N6O8P/c1-4-17(5-2)38-25(35)16(3)31-41(36,40-18-9-7-6-8-10-18)37-13-20-22(33)23(34)26(14-27,39-20)21-12-11-19-24(28)29-15-30-32(19)21/h6-12,15-17,20,22-23,33-34H,4-5,13H2,1-3H3,(H,31,36)(H2,28,29,30)/t16-,20+,22+,23+,26?,41-/m0/s1. The number of fused-ring (bicyclic) bond motifs is 1. The van der Waals surface area contributed by atoms with Gasteiger partial charge in [-0.15, -0.1) is 0 Å². The highest BCUT2D eigenvalue weighted by molar-refractivity contribution is 7.52. The number of nitrogens with zero attached hydrogens (tertiary/aromatic N) is 4. The van der Waals surface area contributed by atoms with Crippen LogP contribution in [0.2, 0.25) is 0 Å². The summed E-state index contributed by atoms with van der Waals surface area (Å²) >= 11 is 0. The van der Waals surface area contributed by atoms with Gasteiger partial charge < -0.3 is 29.9 Å². The zero-order chi connectivity index (χ0) is 29.8. The quantitative estimate of drug-likeness (QED) is 0.177. The Morgan fingerprint density at radius 2 is 1.98 bits per heavy atom. The van der Waals surface area contributed by atoms with E-state index in [9.17, 15) is 24.8 Å². The minimum atomic E-state index is -4.32. The first-order valence-electron chi connectivity index (χ1n) is 13.1. The first kappa shape index (κ1) is 30.4. The average molecular weight is 589 g/mol. The van der Waals surface area contributed by atoms with Crippen molar-refractivity contribution in [3.8, 4) is 11.8 Å². The Bertz CT molecular complexity index is 1440. The topological polar surface area (TPSA) is 204 Å². The van der Waals surface area contributed by atoms with Crippen molar-refractivity contribution in [1.82, 2.24) is 19.7 Å². The number of hydrogen-bond acceptors (Lipinski definition) is 12. The van der Waals surface area contributed by atoms with Crippen LogP contribution in [-0.4, -0.2) is 67.8 Å². The van der Waals surface area contributed by atoms with Gasteiger partial charge in [0.15, 0.2) is 5.82 Å². The van der Waals surface area contributed by atoms with Crippen LogP contribution in [0.25, 0.3) is 5.52 Å². The number of aromatic nitrogens is 3. The van der Waals surface area contributed by atoms with Crippen LogP contribution in [-0.2, 0) is 29.0 Å². The second kappa shape index (κ2) is 12.5. The first-order valence-corrected chi connectivity index (χ1v) is 14.6. The van der Waals surface area contributed by atoms with Crippen LogP contribution in [0.3, 0.4) is 0 Å². The van der Waals surface area contributed by atoms with Crippen molar-refractivity contribution >= 4 is 25.1 Å². The smallest absolute Gasteiger partial charge is 0.459 e. The predicted molar refractivity (Wildman–Crippen MR) is 145 cm³/mol. The van der Waals surface area contributed by atoms with Crippen molar-refractivity contribution in [3.63, 3.8) is 0 Å². The molecule has 0 amide bonds. The average Bonchev–Trinajstić information content (AvgIpc) is 3.51. The van der Waals surface area contributed by atoms with E-state index in [1.165, 1.54) is 23.8 Å². The van der Waals surface area contributed by atoms with E-state index in [1.807, 2.05) is 19.9 Å². The van der Waals surface area contributed by atoms with Crippen LogP contribution >= 0.6 is 7.75 Å². The molecule has 1 unspecified atom stereocenters. The lowest BCUT2D eigenvalue weighted by Gasteiger charge is -2.26. The number of benzene rings is 1. The SMILES string of the molecule is CCC(CC)OC(=O)[C@H](C)N[P@](=O)(OC[C@H]1OC(C#N)(c2ccc3c(N)ncnn23)[C@H](O)[C@@H]1O)Oc1ccccc1. The van der Waals surface area contributed by atoms with E-state index in [4.69, 9.17) is 24.3 Å². The molecule has 1 fully saturated rings. The Morgan fingerprint density at radius 3 is 2.63 bits per heavy atom. The van der Waals surface area contributed by atoms with Crippen molar-refractivity contribution in [2.75, 3.05) is 12.3 Å². The van der Waals surface area contributed by atoms with E-state index in [-0.39, 0.29) is 23.4 Å². The van der Waals surface area contributed by atoms with Gasteiger partial charge in [-0.3, -0.25) is 9.32 Å². The van der Waals surface area contributed by atoms with Gasteiger partial charge in [-0.05, 0) is 44.0 Å². The number of aliphatic hydroxyl groups is 2. The van der Waals surface area contributed by atoms with E-state index in [0.29, 0.717) is 18.4 Å². The molecular formula is C26H33N6O8P. The van der Waals surface area contributed by atoms with Crippen molar-refractivity contribution < 1.29 is 38.1 Å². The molecular weight excluding hydrogens is 555 g/mol. The minimum absolute atomic E-state index is 0.0952. The molecule has 220 valence electrons. The van der Waals surface area contributed by atoms with Crippen molar-refractivity contribution in [3.05, 3.63) is 54.5 Å². The highest BCUT2D eigenvalue weighted by Crippen LogP contribution is 2.47. The van der Waals surface area contributed by atoms with Crippen LogP contribution in [0, 0.1) is 11.3 Å². The molecule has 0 saturated carbocycles. The number of nitrogens with two attached hydrogens (primary N) is 1. The molecule has 15 heteroatoms. The van der Waals surface area contributed by atoms with Gasteiger partial charge in [0, 0.05) is 0 Å². The summed E-state index contributed by atoms with van der Waals surface area (Å²) in [6.07, 6.45) is -2.63. The van der Waals surface area contributed by atoms with Gasteiger partial charge in [0.05, 0.1) is 12.3 Å². The minimum Gasteiger partial charge on any atom is -0.461 e.